The number of aliphatic hydroxyl groups is 1. The van der Waals surface area contributed by atoms with E-state index in [1.165, 1.54) is 11.1 Å². The zero-order valence-corrected chi connectivity index (χ0v) is 22.5. The van der Waals surface area contributed by atoms with Gasteiger partial charge in [-0.2, -0.15) is 9.97 Å². The lowest BCUT2D eigenvalue weighted by Crippen LogP contribution is -2.47. The normalized spacial score (nSPS) is 17.1. The number of benzene rings is 1. The van der Waals surface area contributed by atoms with Crippen molar-refractivity contribution in [2.45, 2.75) is 19.5 Å². The van der Waals surface area contributed by atoms with E-state index in [-0.39, 0.29) is 6.61 Å². The van der Waals surface area contributed by atoms with Gasteiger partial charge < -0.3 is 35.8 Å². The van der Waals surface area contributed by atoms with Crippen LogP contribution in [0, 0.1) is 0 Å². The lowest BCUT2D eigenvalue weighted by Gasteiger charge is -2.35. The van der Waals surface area contributed by atoms with Crippen molar-refractivity contribution in [2.75, 3.05) is 108 Å². The summed E-state index contributed by atoms with van der Waals surface area (Å²) in [6.07, 6.45) is 1.15. The Balaban J connectivity index is 1.16. The molecule has 0 amide bonds. The van der Waals surface area contributed by atoms with Crippen molar-refractivity contribution in [1.29, 1.82) is 0 Å². The molecule has 0 spiro atoms. The molecular weight excluding hydrogens is 484 g/mol. The predicted molar refractivity (Wildman–Crippen MR) is 150 cm³/mol. The Bertz CT molecular complexity index is 934. The minimum atomic E-state index is 0.0679. The van der Waals surface area contributed by atoms with Gasteiger partial charge in [-0.05, 0) is 30.6 Å². The number of aromatic nitrogens is 2. The summed E-state index contributed by atoms with van der Waals surface area (Å²) in [5.74, 6) is 1.87. The largest absolute Gasteiger partial charge is 0.394 e. The highest BCUT2D eigenvalue weighted by Crippen LogP contribution is 2.19. The molecule has 2 saturated heterocycles. The Hall–Kier alpha value is -2.54. The van der Waals surface area contributed by atoms with Crippen LogP contribution in [0.25, 0.3) is 0 Å². The van der Waals surface area contributed by atoms with Gasteiger partial charge in [-0.25, -0.2) is 0 Å². The molecule has 3 heterocycles. The standard InChI is InChI=1S/C27H44N8O3/c28-25-20-26(35-10-8-34(9-11-35)14-18-38-19-15-36)32-27(31-25)30-22-24-4-2-23(3-5-24)21-29-6-1-7-33-12-16-37-17-13-33/h2-5,20,29,36H,1,6-19,21-22H2,(H3,28,30,31,32). The van der Waals surface area contributed by atoms with E-state index in [0.29, 0.717) is 31.5 Å². The fourth-order valence-electron chi connectivity index (χ4n) is 4.70. The Kier molecular flexibility index (Phi) is 11.8. The SMILES string of the molecule is Nc1cc(N2CCN(CCOCCO)CC2)nc(NCc2ccc(CNCCCN3CCOCC3)cc2)n1. The second-order valence-electron chi connectivity index (χ2n) is 9.79. The summed E-state index contributed by atoms with van der Waals surface area (Å²) in [5.41, 5.74) is 8.56. The van der Waals surface area contributed by atoms with E-state index in [1.54, 1.807) is 0 Å². The Labute approximate surface area is 226 Å². The summed E-state index contributed by atoms with van der Waals surface area (Å²) in [4.78, 5) is 16.2. The van der Waals surface area contributed by atoms with Crippen molar-refractivity contribution in [1.82, 2.24) is 25.1 Å². The minimum Gasteiger partial charge on any atom is -0.394 e. The molecule has 2 fully saturated rings. The quantitative estimate of drug-likeness (QED) is 0.243. The van der Waals surface area contributed by atoms with Crippen LogP contribution in [-0.2, 0) is 22.6 Å². The number of anilines is 3. The molecule has 11 heteroatoms. The van der Waals surface area contributed by atoms with E-state index in [0.717, 1.165) is 90.9 Å². The maximum absolute atomic E-state index is 8.82. The number of piperazine rings is 1. The molecule has 2 aromatic rings. The highest BCUT2D eigenvalue weighted by molar-refractivity contribution is 5.52. The van der Waals surface area contributed by atoms with E-state index in [9.17, 15) is 0 Å². The number of aliphatic hydroxyl groups excluding tert-OH is 1. The van der Waals surface area contributed by atoms with Crippen LogP contribution in [0.5, 0.6) is 0 Å². The molecule has 2 aliphatic heterocycles. The van der Waals surface area contributed by atoms with Crippen molar-refractivity contribution < 1.29 is 14.6 Å². The Morgan fingerprint density at radius 1 is 0.895 bits per heavy atom. The average molecular weight is 529 g/mol. The number of nitrogens with two attached hydrogens (primary N) is 1. The zero-order valence-electron chi connectivity index (χ0n) is 22.5. The van der Waals surface area contributed by atoms with Crippen LogP contribution >= 0.6 is 0 Å². The first-order valence-electron chi connectivity index (χ1n) is 13.8. The number of nitrogens with zero attached hydrogens (tertiary/aromatic N) is 5. The molecule has 11 nitrogen and oxygen atoms in total. The van der Waals surface area contributed by atoms with Crippen molar-refractivity contribution in [2.24, 2.45) is 0 Å². The van der Waals surface area contributed by atoms with Crippen molar-refractivity contribution in [3.05, 3.63) is 41.5 Å². The molecule has 5 N–H and O–H groups in total. The van der Waals surface area contributed by atoms with E-state index in [4.69, 9.17) is 25.3 Å². The highest BCUT2D eigenvalue weighted by atomic mass is 16.5. The van der Waals surface area contributed by atoms with Crippen molar-refractivity contribution in [3.63, 3.8) is 0 Å². The molecule has 2 aliphatic rings. The third kappa shape index (κ3) is 9.64. The molecule has 4 rings (SSSR count). The third-order valence-electron chi connectivity index (χ3n) is 6.95. The topological polar surface area (TPSA) is 124 Å². The summed E-state index contributed by atoms with van der Waals surface area (Å²) in [7, 11) is 0. The van der Waals surface area contributed by atoms with Gasteiger partial charge >= 0.3 is 0 Å². The Morgan fingerprint density at radius 3 is 2.34 bits per heavy atom. The van der Waals surface area contributed by atoms with Gasteiger partial charge in [-0.15, -0.1) is 0 Å². The van der Waals surface area contributed by atoms with Crippen molar-refractivity contribution in [3.8, 4) is 0 Å². The highest BCUT2D eigenvalue weighted by Gasteiger charge is 2.19. The van der Waals surface area contributed by atoms with Gasteiger partial charge in [-0.3, -0.25) is 9.80 Å². The number of nitrogens with one attached hydrogen (secondary N) is 2. The third-order valence-corrected chi connectivity index (χ3v) is 6.95. The molecule has 0 unspecified atom stereocenters. The number of ether oxygens (including phenoxy) is 2. The van der Waals surface area contributed by atoms with Gasteiger partial charge in [0.05, 0.1) is 33.0 Å². The molecular formula is C27H44N8O3. The monoisotopic (exact) mass is 528 g/mol. The minimum absolute atomic E-state index is 0.0679. The van der Waals surface area contributed by atoms with E-state index >= 15 is 0 Å². The van der Waals surface area contributed by atoms with E-state index < -0.39 is 0 Å². The van der Waals surface area contributed by atoms with E-state index in [1.807, 2.05) is 6.07 Å². The maximum atomic E-state index is 8.82. The molecule has 0 aliphatic carbocycles. The molecule has 0 radical (unpaired) electrons. The lowest BCUT2D eigenvalue weighted by atomic mass is 10.1. The van der Waals surface area contributed by atoms with Crippen LogP contribution in [0.3, 0.4) is 0 Å². The van der Waals surface area contributed by atoms with Crippen LogP contribution in [0.4, 0.5) is 17.6 Å². The fourth-order valence-corrected chi connectivity index (χ4v) is 4.70. The summed E-state index contributed by atoms with van der Waals surface area (Å²) in [5, 5.41) is 15.7. The van der Waals surface area contributed by atoms with Gasteiger partial charge in [0.1, 0.15) is 11.6 Å². The molecule has 38 heavy (non-hydrogen) atoms. The summed E-state index contributed by atoms with van der Waals surface area (Å²) >= 11 is 0. The van der Waals surface area contributed by atoms with Crippen LogP contribution < -0.4 is 21.3 Å². The van der Waals surface area contributed by atoms with Crippen LogP contribution in [0.2, 0.25) is 0 Å². The molecule has 0 bridgehead atoms. The first kappa shape index (κ1) is 28.5. The van der Waals surface area contributed by atoms with Gasteiger partial charge in [0.2, 0.25) is 5.95 Å². The summed E-state index contributed by atoms with van der Waals surface area (Å²) in [6, 6.07) is 10.5. The Morgan fingerprint density at radius 2 is 1.61 bits per heavy atom. The molecule has 0 atom stereocenters. The summed E-state index contributed by atoms with van der Waals surface area (Å²) < 4.78 is 10.8. The first-order chi connectivity index (χ1) is 18.7. The molecule has 210 valence electrons. The first-order valence-corrected chi connectivity index (χ1v) is 13.8. The van der Waals surface area contributed by atoms with Gasteiger partial charge in [0.15, 0.2) is 0 Å². The molecule has 1 aromatic carbocycles. The van der Waals surface area contributed by atoms with E-state index in [2.05, 4.69) is 54.6 Å². The number of hydrogen-bond acceptors (Lipinski definition) is 11. The fraction of sp³-hybridized carbons (Fsp3) is 0.630. The predicted octanol–water partition coefficient (Wildman–Crippen LogP) is 0.614. The number of rotatable bonds is 15. The number of morpholine rings is 1. The lowest BCUT2D eigenvalue weighted by molar-refractivity contribution is 0.0374. The smallest absolute Gasteiger partial charge is 0.226 e. The molecule has 0 saturated carbocycles. The molecule has 1 aromatic heterocycles. The van der Waals surface area contributed by atoms with Gasteiger partial charge in [0.25, 0.3) is 0 Å². The van der Waals surface area contributed by atoms with Crippen LogP contribution in [0.15, 0.2) is 30.3 Å². The number of nitrogen functional groups attached to an aromatic ring is 1. The maximum Gasteiger partial charge on any atom is 0.226 e. The average Bonchev–Trinajstić information content (AvgIpc) is 2.95. The van der Waals surface area contributed by atoms with Crippen molar-refractivity contribution >= 4 is 17.6 Å². The summed E-state index contributed by atoms with van der Waals surface area (Å²) in [6.45, 7) is 13.1. The second-order valence-corrected chi connectivity index (χ2v) is 9.79. The van der Waals surface area contributed by atoms with Crippen LogP contribution in [0.1, 0.15) is 17.5 Å². The number of hydrogen-bond donors (Lipinski definition) is 4. The van der Waals surface area contributed by atoms with Gasteiger partial charge in [-0.1, -0.05) is 24.3 Å². The zero-order chi connectivity index (χ0) is 26.4. The second kappa shape index (κ2) is 15.8. The van der Waals surface area contributed by atoms with Gasteiger partial charge in [0, 0.05) is 65.0 Å². The van der Waals surface area contributed by atoms with Crippen LogP contribution in [-0.4, -0.2) is 117 Å².